The molecule has 0 aromatic heterocycles. The second kappa shape index (κ2) is 8.04. The highest BCUT2D eigenvalue weighted by Crippen LogP contribution is 2.27. The fourth-order valence-electron chi connectivity index (χ4n) is 2.28. The summed E-state index contributed by atoms with van der Waals surface area (Å²) in [5.41, 5.74) is 0. The predicted molar refractivity (Wildman–Crippen MR) is 64.6 cm³/mol. The quantitative estimate of drug-likeness (QED) is 0.665. The number of hydrogen-bond donors (Lipinski definition) is 0. The Morgan fingerprint density at radius 2 is 1.50 bits per heavy atom. The van der Waals surface area contributed by atoms with Crippen LogP contribution in [0.25, 0.3) is 0 Å². The lowest BCUT2D eigenvalue weighted by molar-refractivity contribution is -0.312. The summed E-state index contributed by atoms with van der Waals surface area (Å²) in [6.07, 6.45) is -1.56. The Hall–Kier alpha value is -0.240. The minimum absolute atomic E-state index is 0.243. The Kier molecular flexibility index (Phi) is 7.06. The number of ether oxygens (including phenoxy) is 6. The molecule has 0 N–H and O–H groups in total. The molecule has 1 aliphatic rings. The minimum atomic E-state index is -0.475. The second-order valence-corrected chi connectivity index (χ2v) is 4.05. The van der Waals surface area contributed by atoms with Crippen LogP contribution in [0.15, 0.2) is 0 Å². The Balaban J connectivity index is 2.84. The van der Waals surface area contributed by atoms with Gasteiger partial charge in [-0.3, -0.25) is 0 Å². The van der Waals surface area contributed by atoms with E-state index in [-0.39, 0.29) is 24.4 Å². The number of hydrogen-bond acceptors (Lipinski definition) is 6. The molecule has 0 bridgehead atoms. The highest BCUT2D eigenvalue weighted by Gasteiger charge is 2.47. The van der Waals surface area contributed by atoms with Gasteiger partial charge in [0.1, 0.15) is 24.4 Å². The Morgan fingerprint density at radius 3 is 1.94 bits per heavy atom. The van der Waals surface area contributed by atoms with Gasteiger partial charge >= 0.3 is 0 Å². The van der Waals surface area contributed by atoms with Gasteiger partial charge in [0.15, 0.2) is 6.29 Å². The van der Waals surface area contributed by atoms with Crippen molar-refractivity contribution in [2.24, 2.45) is 0 Å². The Bertz CT molecular complexity index is 205. The molecule has 1 unspecified atom stereocenters. The van der Waals surface area contributed by atoms with E-state index in [2.05, 4.69) is 0 Å². The zero-order chi connectivity index (χ0) is 13.5. The summed E-state index contributed by atoms with van der Waals surface area (Å²) < 4.78 is 32.9. The average molecular weight is 264 g/mol. The van der Waals surface area contributed by atoms with Crippen molar-refractivity contribution < 1.29 is 28.4 Å². The van der Waals surface area contributed by atoms with Gasteiger partial charge in [0.05, 0.1) is 6.61 Å². The molecule has 1 saturated heterocycles. The van der Waals surface area contributed by atoms with Crippen LogP contribution in [-0.2, 0) is 28.4 Å². The molecule has 108 valence electrons. The first-order valence-corrected chi connectivity index (χ1v) is 6.07. The number of rotatable bonds is 7. The maximum Gasteiger partial charge on any atom is 0.186 e. The van der Waals surface area contributed by atoms with Gasteiger partial charge in [0.25, 0.3) is 0 Å². The van der Waals surface area contributed by atoms with Crippen LogP contribution in [0.3, 0.4) is 0 Å². The van der Waals surface area contributed by atoms with E-state index in [1.807, 2.05) is 6.92 Å². The summed E-state index contributed by atoms with van der Waals surface area (Å²) >= 11 is 0. The van der Waals surface area contributed by atoms with E-state index in [0.717, 1.165) is 0 Å². The topological polar surface area (TPSA) is 55.4 Å². The van der Waals surface area contributed by atoms with Crippen LogP contribution in [0.5, 0.6) is 0 Å². The van der Waals surface area contributed by atoms with Crippen LogP contribution in [0.2, 0.25) is 0 Å². The van der Waals surface area contributed by atoms with Crippen molar-refractivity contribution in [3.63, 3.8) is 0 Å². The minimum Gasteiger partial charge on any atom is -0.382 e. The van der Waals surface area contributed by atoms with Crippen LogP contribution in [-0.4, -0.2) is 72.4 Å². The van der Waals surface area contributed by atoms with Crippen LogP contribution in [0.1, 0.15) is 6.92 Å². The Labute approximate surface area is 108 Å². The maximum absolute atomic E-state index is 5.83. The lowest BCUT2D eigenvalue weighted by Gasteiger charge is -2.44. The van der Waals surface area contributed by atoms with Crippen molar-refractivity contribution in [3.8, 4) is 0 Å². The molecular formula is C12H24O6. The van der Waals surface area contributed by atoms with Crippen molar-refractivity contribution in [3.05, 3.63) is 0 Å². The molecule has 1 fully saturated rings. The SMILES string of the molecule is CCOC1O[C@H](COC)[C@@H](OC)[C@H](OC)[C@H]1OC. The standard InChI is InChI=1S/C12H24O6/c1-6-17-12-11(16-5)10(15-4)9(14-3)8(18-12)7-13-2/h8-12H,6-7H2,1-5H3/t8-,9-,10+,11-,12?/m1/s1. The van der Waals surface area contributed by atoms with Crippen molar-refractivity contribution >= 4 is 0 Å². The van der Waals surface area contributed by atoms with E-state index in [1.54, 1.807) is 28.4 Å². The highest BCUT2D eigenvalue weighted by atomic mass is 16.7. The smallest absolute Gasteiger partial charge is 0.186 e. The fourth-order valence-corrected chi connectivity index (χ4v) is 2.28. The zero-order valence-corrected chi connectivity index (χ0v) is 11.8. The lowest BCUT2D eigenvalue weighted by atomic mass is 9.98. The summed E-state index contributed by atoms with van der Waals surface area (Å²) in [6, 6.07) is 0. The number of methoxy groups -OCH3 is 4. The van der Waals surface area contributed by atoms with Gasteiger partial charge in [-0.1, -0.05) is 0 Å². The zero-order valence-electron chi connectivity index (χ0n) is 11.8. The third-order valence-corrected chi connectivity index (χ3v) is 3.07. The van der Waals surface area contributed by atoms with Crippen molar-refractivity contribution in [1.29, 1.82) is 0 Å². The van der Waals surface area contributed by atoms with E-state index in [4.69, 9.17) is 28.4 Å². The predicted octanol–water partition coefficient (Wildman–Crippen LogP) is 0.439. The molecule has 6 nitrogen and oxygen atoms in total. The molecule has 1 rings (SSSR count). The fraction of sp³-hybridized carbons (Fsp3) is 1.00. The first-order valence-electron chi connectivity index (χ1n) is 6.07. The molecule has 0 radical (unpaired) electrons. The van der Waals surface area contributed by atoms with Gasteiger partial charge in [0.2, 0.25) is 0 Å². The molecule has 18 heavy (non-hydrogen) atoms. The summed E-state index contributed by atoms with van der Waals surface area (Å²) in [7, 11) is 6.47. The highest BCUT2D eigenvalue weighted by molar-refractivity contribution is 4.92. The first kappa shape index (κ1) is 15.8. The summed E-state index contributed by atoms with van der Waals surface area (Å²) in [4.78, 5) is 0. The van der Waals surface area contributed by atoms with Gasteiger partial charge < -0.3 is 28.4 Å². The summed E-state index contributed by atoms with van der Waals surface area (Å²) in [5, 5.41) is 0. The van der Waals surface area contributed by atoms with E-state index in [0.29, 0.717) is 13.2 Å². The van der Waals surface area contributed by atoms with E-state index < -0.39 is 6.29 Å². The van der Waals surface area contributed by atoms with E-state index in [9.17, 15) is 0 Å². The molecule has 0 aromatic carbocycles. The molecule has 5 atom stereocenters. The molecule has 0 aromatic rings. The second-order valence-electron chi connectivity index (χ2n) is 4.05. The van der Waals surface area contributed by atoms with Crippen molar-refractivity contribution in [2.75, 3.05) is 41.7 Å². The lowest BCUT2D eigenvalue weighted by Crippen LogP contribution is -2.61. The molecule has 0 aliphatic carbocycles. The van der Waals surface area contributed by atoms with Gasteiger partial charge in [-0.05, 0) is 6.92 Å². The molecule has 0 amide bonds. The maximum atomic E-state index is 5.83. The van der Waals surface area contributed by atoms with Crippen molar-refractivity contribution in [1.82, 2.24) is 0 Å². The molecule has 0 spiro atoms. The third kappa shape index (κ3) is 3.40. The Morgan fingerprint density at radius 1 is 0.889 bits per heavy atom. The van der Waals surface area contributed by atoms with Crippen LogP contribution in [0.4, 0.5) is 0 Å². The average Bonchev–Trinajstić information content (AvgIpc) is 2.38. The van der Waals surface area contributed by atoms with Crippen molar-refractivity contribution in [2.45, 2.75) is 37.6 Å². The monoisotopic (exact) mass is 264 g/mol. The van der Waals surface area contributed by atoms with Gasteiger partial charge in [0, 0.05) is 35.0 Å². The molecule has 1 aliphatic heterocycles. The van der Waals surface area contributed by atoms with E-state index in [1.165, 1.54) is 0 Å². The summed E-state index contributed by atoms with van der Waals surface area (Å²) in [5.74, 6) is 0. The molecule has 1 heterocycles. The normalized spacial score (nSPS) is 36.8. The van der Waals surface area contributed by atoms with Gasteiger partial charge in [-0.15, -0.1) is 0 Å². The van der Waals surface area contributed by atoms with Gasteiger partial charge in [-0.2, -0.15) is 0 Å². The first-order chi connectivity index (χ1) is 8.73. The molecule has 0 saturated carbocycles. The van der Waals surface area contributed by atoms with Crippen LogP contribution >= 0.6 is 0 Å². The third-order valence-electron chi connectivity index (χ3n) is 3.07. The van der Waals surface area contributed by atoms with E-state index >= 15 is 0 Å². The molecular weight excluding hydrogens is 240 g/mol. The largest absolute Gasteiger partial charge is 0.382 e. The molecule has 6 heteroatoms. The van der Waals surface area contributed by atoms with Gasteiger partial charge in [-0.25, -0.2) is 0 Å². The summed E-state index contributed by atoms with van der Waals surface area (Å²) in [6.45, 7) is 2.86. The van der Waals surface area contributed by atoms with Crippen LogP contribution < -0.4 is 0 Å². The van der Waals surface area contributed by atoms with Crippen LogP contribution in [0, 0.1) is 0 Å².